The molecule has 2 rings (SSSR count). The summed E-state index contributed by atoms with van der Waals surface area (Å²) in [5.41, 5.74) is 3.14. The number of aromatic nitrogens is 2. The normalized spacial score (nSPS) is 10.5. The highest BCUT2D eigenvalue weighted by molar-refractivity contribution is 6.43. The van der Waals surface area contributed by atoms with E-state index in [0.717, 1.165) is 0 Å². The van der Waals surface area contributed by atoms with E-state index in [9.17, 15) is 0 Å². The molecular weight excluding hydrogens is 323 g/mol. The van der Waals surface area contributed by atoms with Crippen molar-refractivity contribution in [1.82, 2.24) is 9.97 Å². The second kappa shape index (κ2) is 6.01. The average molecular weight is 334 g/mol. The summed E-state index contributed by atoms with van der Waals surface area (Å²) < 4.78 is 5.68. The molecule has 106 valence electrons. The van der Waals surface area contributed by atoms with Gasteiger partial charge in [0, 0.05) is 6.07 Å². The Morgan fingerprint density at radius 3 is 2.35 bits per heavy atom. The van der Waals surface area contributed by atoms with E-state index in [2.05, 4.69) is 15.4 Å². The number of nitrogens with two attached hydrogens (primary N) is 1. The van der Waals surface area contributed by atoms with Crippen molar-refractivity contribution >= 4 is 40.6 Å². The number of ether oxygens (including phenoxy) is 1. The quantitative estimate of drug-likeness (QED) is 0.502. The summed E-state index contributed by atoms with van der Waals surface area (Å²) in [4.78, 5) is 8.35. The Hall–Kier alpha value is -1.27. The van der Waals surface area contributed by atoms with E-state index in [4.69, 9.17) is 45.4 Å². The van der Waals surface area contributed by atoms with Gasteiger partial charge in [-0.2, -0.15) is 4.98 Å². The first-order valence-corrected chi connectivity index (χ1v) is 6.70. The predicted molar refractivity (Wildman–Crippen MR) is 80.9 cm³/mol. The molecule has 0 saturated carbocycles. The zero-order chi connectivity index (χ0) is 14.9. The molecule has 0 amide bonds. The van der Waals surface area contributed by atoms with E-state index in [-0.39, 0.29) is 0 Å². The lowest BCUT2D eigenvalue weighted by Gasteiger charge is -2.13. The van der Waals surface area contributed by atoms with Gasteiger partial charge in [0.15, 0.2) is 0 Å². The summed E-state index contributed by atoms with van der Waals surface area (Å²) in [7, 11) is 0. The van der Waals surface area contributed by atoms with Crippen molar-refractivity contribution in [3.8, 4) is 11.6 Å². The Labute approximate surface area is 131 Å². The summed E-state index contributed by atoms with van der Waals surface area (Å²) in [6, 6.07) is 3.03. The maximum Gasteiger partial charge on any atom is 0.227 e. The third-order valence-corrected chi connectivity index (χ3v) is 3.55. The number of nitrogen functional groups attached to an aromatic ring is 1. The minimum atomic E-state index is 0.331. The van der Waals surface area contributed by atoms with Gasteiger partial charge in [0.25, 0.3) is 0 Å². The molecule has 1 aromatic heterocycles. The highest BCUT2D eigenvalue weighted by Gasteiger charge is 2.14. The average Bonchev–Trinajstić information content (AvgIpc) is 2.39. The molecule has 3 N–H and O–H groups in total. The largest absolute Gasteiger partial charge is 0.437 e. The van der Waals surface area contributed by atoms with E-state index in [0.29, 0.717) is 43.9 Å². The molecule has 8 heteroatoms. The van der Waals surface area contributed by atoms with Gasteiger partial charge in [-0.15, -0.1) is 0 Å². The Bertz CT molecular complexity index is 664. The Morgan fingerprint density at radius 2 is 1.70 bits per heavy atom. The van der Waals surface area contributed by atoms with Crippen molar-refractivity contribution in [1.29, 1.82) is 0 Å². The number of hydrogen-bond acceptors (Lipinski definition) is 5. The molecule has 1 aromatic carbocycles. The van der Waals surface area contributed by atoms with Gasteiger partial charge in [-0.25, -0.2) is 10.8 Å². The molecule has 5 nitrogen and oxygen atoms in total. The fraction of sp³-hybridized carbons (Fsp3) is 0.167. The summed E-state index contributed by atoms with van der Waals surface area (Å²) in [5.74, 6) is 7.07. The lowest BCUT2D eigenvalue weighted by atomic mass is 10.3. The van der Waals surface area contributed by atoms with E-state index in [1.54, 1.807) is 13.8 Å². The molecule has 0 fully saturated rings. The van der Waals surface area contributed by atoms with Crippen molar-refractivity contribution in [2.45, 2.75) is 13.8 Å². The first-order chi connectivity index (χ1) is 9.42. The number of halogens is 3. The topological polar surface area (TPSA) is 73.1 Å². The van der Waals surface area contributed by atoms with E-state index >= 15 is 0 Å². The SMILES string of the molecule is Cc1nc(NN)c(C)c(Oc2cc(Cl)c(Cl)cc2Cl)n1. The van der Waals surface area contributed by atoms with Gasteiger partial charge < -0.3 is 10.2 Å². The molecular formula is C12H11Cl3N4O. The van der Waals surface area contributed by atoms with Crippen LogP contribution in [0.15, 0.2) is 12.1 Å². The molecule has 1 heterocycles. The fourth-order valence-corrected chi connectivity index (χ4v) is 2.10. The van der Waals surface area contributed by atoms with Crippen molar-refractivity contribution in [2.75, 3.05) is 5.43 Å². The molecule has 0 aliphatic rings. The first kappa shape index (κ1) is 15.1. The molecule has 0 spiro atoms. The second-order valence-electron chi connectivity index (χ2n) is 3.99. The van der Waals surface area contributed by atoms with Gasteiger partial charge in [-0.1, -0.05) is 34.8 Å². The third-order valence-electron chi connectivity index (χ3n) is 2.53. The van der Waals surface area contributed by atoms with Crippen LogP contribution in [0.5, 0.6) is 11.6 Å². The van der Waals surface area contributed by atoms with Crippen LogP contribution in [0.4, 0.5) is 5.82 Å². The summed E-state index contributed by atoms with van der Waals surface area (Å²) in [5, 5.41) is 1.02. The van der Waals surface area contributed by atoms with Gasteiger partial charge in [-0.3, -0.25) is 0 Å². The standard InChI is InChI=1S/C12H11Cl3N4O/c1-5-11(19-16)17-6(2)18-12(5)20-10-4-8(14)7(13)3-9(10)15/h3-4H,16H2,1-2H3,(H,17,18,19). The first-order valence-electron chi connectivity index (χ1n) is 5.56. The number of nitrogens with zero attached hydrogens (tertiary/aromatic N) is 2. The van der Waals surface area contributed by atoms with Crippen LogP contribution in [0.25, 0.3) is 0 Å². The lowest BCUT2D eigenvalue weighted by molar-refractivity contribution is 0.456. The maximum atomic E-state index is 6.07. The fourth-order valence-electron chi connectivity index (χ4n) is 1.53. The zero-order valence-corrected chi connectivity index (χ0v) is 12.9. The Morgan fingerprint density at radius 1 is 1.05 bits per heavy atom. The zero-order valence-electron chi connectivity index (χ0n) is 10.7. The molecule has 0 aliphatic carbocycles. The molecule has 2 aromatic rings. The van der Waals surface area contributed by atoms with Crippen molar-refractivity contribution < 1.29 is 4.74 Å². The molecule has 0 radical (unpaired) electrons. The van der Waals surface area contributed by atoms with E-state index in [1.165, 1.54) is 12.1 Å². The van der Waals surface area contributed by atoms with Crippen LogP contribution >= 0.6 is 34.8 Å². The van der Waals surface area contributed by atoms with E-state index in [1.807, 2.05) is 0 Å². The Kier molecular flexibility index (Phi) is 4.55. The monoisotopic (exact) mass is 332 g/mol. The molecule has 0 aliphatic heterocycles. The highest BCUT2D eigenvalue weighted by Crippen LogP contribution is 2.37. The third kappa shape index (κ3) is 3.07. The number of hydrazine groups is 1. The number of hydrogen-bond donors (Lipinski definition) is 2. The van der Waals surface area contributed by atoms with Gasteiger partial charge in [0.05, 0.1) is 20.6 Å². The van der Waals surface area contributed by atoms with Crippen LogP contribution in [0, 0.1) is 13.8 Å². The number of benzene rings is 1. The molecule has 0 bridgehead atoms. The van der Waals surface area contributed by atoms with Crippen LogP contribution in [0.1, 0.15) is 11.4 Å². The molecule has 0 atom stereocenters. The van der Waals surface area contributed by atoms with Crippen molar-refractivity contribution in [3.05, 3.63) is 38.6 Å². The Balaban J connectivity index is 2.45. The highest BCUT2D eigenvalue weighted by atomic mass is 35.5. The number of anilines is 1. The number of aryl methyl sites for hydroxylation is 1. The van der Waals surface area contributed by atoms with Gasteiger partial charge in [0.2, 0.25) is 5.88 Å². The second-order valence-corrected chi connectivity index (χ2v) is 5.21. The maximum absolute atomic E-state index is 6.07. The van der Waals surface area contributed by atoms with E-state index < -0.39 is 0 Å². The smallest absolute Gasteiger partial charge is 0.227 e. The number of rotatable bonds is 3. The van der Waals surface area contributed by atoms with Gasteiger partial charge in [-0.05, 0) is 19.9 Å². The van der Waals surface area contributed by atoms with Crippen molar-refractivity contribution in [3.63, 3.8) is 0 Å². The van der Waals surface area contributed by atoms with Crippen LogP contribution in [-0.2, 0) is 0 Å². The molecule has 0 unspecified atom stereocenters. The van der Waals surface area contributed by atoms with Crippen LogP contribution in [0.3, 0.4) is 0 Å². The molecule has 20 heavy (non-hydrogen) atoms. The minimum absolute atomic E-state index is 0.331. The number of nitrogens with one attached hydrogen (secondary N) is 1. The van der Waals surface area contributed by atoms with Crippen LogP contribution in [0.2, 0.25) is 15.1 Å². The summed E-state index contributed by atoms with van der Waals surface area (Å²) in [6.45, 7) is 3.50. The molecule has 0 saturated heterocycles. The van der Waals surface area contributed by atoms with Crippen LogP contribution in [-0.4, -0.2) is 9.97 Å². The van der Waals surface area contributed by atoms with Crippen molar-refractivity contribution in [2.24, 2.45) is 5.84 Å². The summed E-state index contributed by atoms with van der Waals surface area (Å²) in [6.07, 6.45) is 0. The van der Waals surface area contributed by atoms with Gasteiger partial charge >= 0.3 is 0 Å². The lowest BCUT2D eigenvalue weighted by Crippen LogP contribution is -2.12. The predicted octanol–water partition coefficient (Wildman–Crippen LogP) is 4.13. The van der Waals surface area contributed by atoms with Gasteiger partial charge in [0.1, 0.15) is 17.4 Å². The van der Waals surface area contributed by atoms with Crippen LogP contribution < -0.4 is 16.0 Å². The summed E-state index contributed by atoms with van der Waals surface area (Å²) >= 11 is 17.9. The minimum Gasteiger partial charge on any atom is -0.437 e.